The fourth-order valence-corrected chi connectivity index (χ4v) is 0.792. The summed E-state index contributed by atoms with van der Waals surface area (Å²) >= 11 is 0. The summed E-state index contributed by atoms with van der Waals surface area (Å²) in [7, 11) is 0. The van der Waals surface area contributed by atoms with Gasteiger partial charge in [-0.2, -0.15) is 0 Å². The Balaban J connectivity index is 2.40. The number of aldehydes is 1. The maximum atomic E-state index is 9.86. The molecule has 1 heterocycles. The van der Waals surface area contributed by atoms with Crippen molar-refractivity contribution < 1.29 is 9.53 Å². The van der Waals surface area contributed by atoms with Crippen LogP contribution in [0.5, 0.6) is 0 Å². The molecule has 0 aliphatic carbocycles. The van der Waals surface area contributed by atoms with Crippen LogP contribution in [-0.4, -0.2) is 19.5 Å². The van der Waals surface area contributed by atoms with Crippen LogP contribution < -0.4 is 0 Å². The second-order valence-electron chi connectivity index (χ2n) is 2.64. The van der Waals surface area contributed by atoms with E-state index in [0.717, 1.165) is 19.5 Å². The molecule has 0 aromatic heterocycles. The molecule has 0 spiro atoms. The number of ether oxygens (including phenoxy) is 1. The van der Waals surface area contributed by atoms with Crippen molar-refractivity contribution >= 4 is 6.29 Å². The van der Waals surface area contributed by atoms with Crippen molar-refractivity contribution in [3.8, 4) is 0 Å². The lowest BCUT2D eigenvalue weighted by atomic mass is 9.88. The van der Waals surface area contributed by atoms with E-state index in [1.54, 1.807) is 0 Å². The molecule has 1 aliphatic rings. The molecule has 2 heteroatoms. The van der Waals surface area contributed by atoms with E-state index in [2.05, 4.69) is 6.92 Å². The number of allylic oxidation sites excluding steroid dienone is 1. The van der Waals surface area contributed by atoms with E-state index in [-0.39, 0.29) is 5.41 Å². The van der Waals surface area contributed by atoms with Gasteiger partial charge in [0.25, 0.3) is 0 Å². The van der Waals surface area contributed by atoms with Gasteiger partial charge in [0.15, 0.2) is 0 Å². The molecule has 0 bridgehead atoms. The van der Waals surface area contributed by atoms with Crippen molar-refractivity contribution in [3.05, 3.63) is 12.2 Å². The van der Waals surface area contributed by atoms with E-state index < -0.39 is 0 Å². The van der Waals surface area contributed by atoms with Crippen LogP contribution in [0.4, 0.5) is 0 Å². The van der Waals surface area contributed by atoms with Crippen LogP contribution in [0.15, 0.2) is 12.2 Å². The molecule has 1 saturated heterocycles. The van der Waals surface area contributed by atoms with Crippen molar-refractivity contribution in [2.75, 3.05) is 13.2 Å². The van der Waals surface area contributed by atoms with Crippen LogP contribution in [0, 0.1) is 5.41 Å². The van der Waals surface area contributed by atoms with Crippen LogP contribution in [0.3, 0.4) is 0 Å². The van der Waals surface area contributed by atoms with E-state index in [1.165, 1.54) is 6.08 Å². The molecule has 0 atom stereocenters. The standard InChI is InChI=1S/C7H10O2/c1-7(3-2-4-8)5-9-6-7/h2-4H,5-6H2,1H3/b3-2+. The number of carbonyl (C=O) groups is 1. The maximum absolute atomic E-state index is 9.86. The van der Waals surface area contributed by atoms with Crippen molar-refractivity contribution in [2.24, 2.45) is 5.41 Å². The summed E-state index contributed by atoms with van der Waals surface area (Å²) < 4.78 is 4.97. The Labute approximate surface area is 54.5 Å². The van der Waals surface area contributed by atoms with Crippen LogP contribution in [-0.2, 0) is 9.53 Å². The normalized spacial score (nSPS) is 23.7. The first-order chi connectivity index (χ1) is 4.27. The molecular formula is C7H10O2. The van der Waals surface area contributed by atoms with Gasteiger partial charge in [0.05, 0.1) is 13.2 Å². The fourth-order valence-electron chi connectivity index (χ4n) is 0.792. The summed E-state index contributed by atoms with van der Waals surface area (Å²) in [6.45, 7) is 3.56. The van der Waals surface area contributed by atoms with Gasteiger partial charge < -0.3 is 4.74 Å². The number of carbonyl (C=O) groups excluding carboxylic acids is 1. The van der Waals surface area contributed by atoms with Gasteiger partial charge in [0.1, 0.15) is 6.29 Å². The van der Waals surface area contributed by atoms with Crippen molar-refractivity contribution in [1.82, 2.24) is 0 Å². The highest BCUT2D eigenvalue weighted by Gasteiger charge is 2.29. The zero-order chi connectivity index (χ0) is 6.74. The summed E-state index contributed by atoms with van der Waals surface area (Å²) in [6.07, 6.45) is 4.22. The third-order valence-corrected chi connectivity index (χ3v) is 1.44. The predicted octanol–water partition coefficient (Wildman–Crippen LogP) is 0.778. The first kappa shape index (κ1) is 6.49. The maximum Gasteiger partial charge on any atom is 0.142 e. The molecule has 0 aromatic rings. The topological polar surface area (TPSA) is 26.3 Å². The first-order valence-electron chi connectivity index (χ1n) is 2.98. The molecular weight excluding hydrogens is 116 g/mol. The Bertz CT molecular complexity index is 134. The Morgan fingerprint density at radius 1 is 1.56 bits per heavy atom. The van der Waals surface area contributed by atoms with Crippen molar-refractivity contribution in [2.45, 2.75) is 6.92 Å². The van der Waals surface area contributed by atoms with Crippen LogP contribution in [0.2, 0.25) is 0 Å². The van der Waals surface area contributed by atoms with Gasteiger partial charge in [0, 0.05) is 5.41 Å². The molecule has 1 fully saturated rings. The Morgan fingerprint density at radius 3 is 2.56 bits per heavy atom. The SMILES string of the molecule is CC1(/C=C/C=O)COC1. The van der Waals surface area contributed by atoms with Gasteiger partial charge in [-0.3, -0.25) is 4.79 Å². The Morgan fingerprint density at radius 2 is 2.22 bits per heavy atom. The highest BCUT2D eigenvalue weighted by Crippen LogP contribution is 2.27. The predicted molar refractivity (Wildman–Crippen MR) is 34.1 cm³/mol. The largest absolute Gasteiger partial charge is 0.379 e. The molecule has 2 nitrogen and oxygen atoms in total. The lowest BCUT2D eigenvalue weighted by Gasteiger charge is -2.34. The minimum atomic E-state index is 0.140. The highest BCUT2D eigenvalue weighted by molar-refractivity contribution is 5.64. The molecule has 50 valence electrons. The van der Waals surface area contributed by atoms with Gasteiger partial charge in [-0.15, -0.1) is 0 Å². The van der Waals surface area contributed by atoms with Crippen LogP contribution in [0.25, 0.3) is 0 Å². The van der Waals surface area contributed by atoms with Gasteiger partial charge in [0.2, 0.25) is 0 Å². The Hall–Kier alpha value is -0.630. The summed E-state index contributed by atoms with van der Waals surface area (Å²) in [6, 6.07) is 0. The number of hydrogen-bond donors (Lipinski definition) is 0. The average molecular weight is 126 g/mol. The molecule has 1 rings (SSSR count). The molecule has 0 saturated carbocycles. The lowest BCUT2D eigenvalue weighted by molar-refractivity contribution is -0.104. The molecule has 0 amide bonds. The molecule has 9 heavy (non-hydrogen) atoms. The van der Waals surface area contributed by atoms with Crippen molar-refractivity contribution in [3.63, 3.8) is 0 Å². The third kappa shape index (κ3) is 1.39. The van der Waals surface area contributed by atoms with Gasteiger partial charge in [-0.25, -0.2) is 0 Å². The van der Waals surface area contributed by atoms with E-state index in [9.17, 15) is 4.79 Å². The molecule has 0 radical (unpaired) electrons. The minimum absolute atomic E-state index is 0.140. The van der Waals surface area contributed by atoms with Crippen molar-refractivity contribution in [1.29, 1.82) is 0 Å². The summed E-state index contributed by atoms with van der Waals surface area (Å²) in [5, 5.41) is 0. The highest BCUT2D eigenvalue weighted by atomic mass is 16.5. The zero-order valence-electron chi connectivity index (χ0n) is 5.46. The number of rotatable bonds is 2. The summed E-state index contributed by atoms with van der Waals surface area (Å²) in [5.74, 6) is 0. The average Bonchev–Trinajstić information content (AvgIpc) is 1.79. The van der Waals surface area contributed by atoms with Gasteiger partial charge in [-0.05, 0) is 6.08 Å². The van der Waals surface area contributed by atoms with Crippen LogP contribution >= 0.6 is 0 Å². The van der Waals surface area contributed by atoms with E-state index in [0.29, 0.717) is 0 Å². The smallest absolute Gasteiger partial charge is 0.142 e. The second-order valence-corrected chi connectivity index (χ2v) is 2.64. The van der Waals surface area contributed by atoms with E-state index in [1.807, 2.05) is 6.08 Å². The second kappa shape index (κ2) is 2.31. The molecule has 0 N–H and O–H groups in total. The molecule has 0 aromatic carbocycles. The van der Waals surface area contributed by atoms with E-state index >= 15 is 0 Å². The summed E-state index contributed by atoms with van der Waals surface area (Å²) in [4.78, 5) is 9.86. The monoisotopic (exact) mass is 126 g/mol. The first-order valence-corrected chi connectivity index (χ1v) is 2.98. The fraction of sp³-hybridized carbons (Fsp3) is 0.571. The van der Waals surface area contributed by atoms with Gasteiger partial charge >= 0.3 is 0 Å². The quantitative estimate of drug-likeness (QED) is 0.403. The van der Waals surface area contributed by atoms with E-state index in [4.69, 9.17) is 4.74 Å². The molecule has 0 unspecified atom stereocenters. The minimum Gasteiger partial charge on any atom is -0.379 e. The molecule has 1 aliphatic heterocycles. The zero-order valence-corrected chi connectivity index (χ0v) is 5.46. The summed E-state index contributed by atoms with van der Waals surface area (Å²) in [5.41, 5.74) is 0.140. The van der Waals surface area contributed by atoms with Gasteiger partial charge in [-0.1, -0.05) is 13.0 Å². The third-order valence-electron chi connectivity index (χ3n) is 1.44. The van der Waals surface area contributed by atoms with Crippen LogP contribution in [0.1, 0.15) is 6.92 Å². The number of hydrogen-bond acceptors (Lipinski definition) is 2. The Kier molecular flexibility index (Phi) is 1.67. The lowest BCUT2D eigenvalue weighted by Crippen LogP contribution is -2.37.